The van der Waals surface area contributed by atoms with E-state index >= 15 is 0 Å². The lowest BCUT2D eigenvalue weighted by Crippen LogP contribution is -2.15. The summed E-state index contributed by atoms with van der Waals surface area (Å²) >= 11 is 0. The lowest BCUT2D eigenvalue weighted by atomic mass is 9.78. The Morgan fingerprint density at radius 1 is 0.639 bits per heavy atom. The molecule has 1 aromatic carbocycles. The van der Waals surface area contributed by atoms with Crippen molar-refractivity contribution < 1.29 is 4.74 Å². The van der Waals surface area contributed by atoms with E-state index in [2.05, 4.69) is 50.3 Å². The number of unbranched alkanes of at least 4 members (excludes halogenated alkanes) is 6. The number of rotatable bonds is 17. The lowest BCUT2D eigenvalue weighted by molar-refractivity contribution is 0.248. The molecule has 2 aliphatic rings. The number of hydrogen-bond acceptors (Lipinski definition) is 1. The van der Waals surface area contributed by atoms with Crippen molar-refractivity contribution in [1.29, 1.82) is 0 Å². The van der Waals surface area contributed by atoms with Gasteiger partial charge in [0.15, 0.2) is 0 Å². The number of allylic oxidation sites excluding steroid dienone is 1. The average Bonchev–Trinajstić information content (AvgIpc) is 2.92. The first-order chi connectivity index (χ1) is 17.8. The van der Waals surface area contributed by atoms with Crippen molar-refractivity contribution in [2.45, 2.75) is 142 Å². The molecule has 0 amide bonds. The summed E-state index contributed by atoms with van der Waals surface area (Å²) in [5.74, 6) is 4.77. The van der Waals surface area contributed by atoms with Crippen LogP contribution in [0.3, 0.4) is 0 Å². The van der Waals surface area contributed by atoms with Crippen molar-refractivity contribution in [2.24, 2.45) is 23.7 Å². The highest BCUT2D eigenvalue weighted by atomic mass is 16.5. The minimum atomic E-state index is 0.706. The lowest BCUT2D eigenvalue weighted by Gasteiger charge is -2.28. The van der Waals surface area contributed by atoms with E-state index in [-0.39, 0.29) is 0 Å². The Bertz CT molecular complexity index is 673. The van der Waals surface area contributed by atoms with Crippen LogP contribution in [-0.4, -0.2) is 6.61 Å². The van der Waals surface area contributed by atoms with Gasteiger partial charge in [-0.1, -0.05) is 128 Å². The molecule has 1 nitrogen and oxygen atoms in total. The number of benzene rings is 1. The molecule has 0 atom stereocenters. The predicted molar refractivity (Wildman–Crippen MR) is 158 cm³/mol. The molecule has 0 heterocycles. The molecule has 204 valence electrons. The van der Waals surface area contributed by atoms with E-state index in [1.165, 1.54) is 134 Å². The second-order valence-electron chi connectivity index (χ2n) is 12.3. The third-order valence-corrected chi connectivity index (χ3v) is 9.31. The van der Waals surface area contributed by atoms with Gasteiger partial charge in [0.25, 0.3) is 0 Å². The fourth-order valence-electron chi connectivity index (χ4n) is 6.71. The van der Waals surface area contributed by atoms with Gasteiger partial charge in [-0.05, 0) is 79.9 Å². The van der Waals surface area contributed by atoms with Crippen LogP contribution >= 0.6 is 0 Å². The highest BCUT2D eigenvalue weighted by Gasteiger charge is 2.21. The zero-order valence-electron chi connectivity index (χ0n) is 24.0. The van der Waals surface area contributed by atoms with Crippen LogP contribution in [0.25, 0.3) is 0 Å². The normalized spacial score (nSPS) is 24.8. The van der Waals surface area contributed by atoms with Crippen LogP contribution in [0.1, 0.15) is 141 Å². The van der Waals surface area contributed by atoms with Gasteiger partial charge in [-0.3, -0.25) is 0 Å². The second-order valence-corrected chi connectivity index (χ2v) is 12.3. The monoisotopic (exact) mass is 494 g/mol. The van der Waals surface area contributed by atoms with Crippen molar-refractivity contribution in [3.05, 3.63) is 42.0 Å². The smallest absolute Gasteiger partial charge is 0.119 e. The van der Waals surface area contributed by atoms with E-state index in [0.717, 1.165) is 29.4 Å². The highest BCUT2D eigenvalue weighted by Crippen LogP contribution is 2.35. The molecule has 0 radical (unpaired) electrons. The number of ether oxygens (including phenoxy) is 1. The standard InChI is InChI=1S/C35H58O/c1-3-5-7-8-10-13-31-19-21-33(22-20-31)23-24-34-25-27-35(28-26-34)36-29-11-14-32-17-15-30(16-18-32)12-9-6-4-2/h11,14,25-28,30-33H,3-10,12-13,15-24,29H2,1-2H3. The molecule has 0 saturated heterocycles. The van der Waals surface area contributed by atoms with Crippen LogP contribution in [0.15, 0.2) is 36.4 Å². The molecular weight excluding hydrogens is 436 g/mol. The van der Waals surface area contributed by atoms with Gasteiger partial charge < -0.3 is 4.74 Å². The van der Waals surface area contributed by atoms with E-state index < -0.39 is 0 Å². The van der Waals surface area contributed by atoms with Gasteiger partial charge >= 0.3 is 0 Å². The third kappa shape index (κ3) is 11.9. The van der Waals surface area contributed by atoms with E-state index in [4.69, 9.17) is 4.74 Å². The minimum absolute atomic E-state index is 0.706. The summed E-state index contributed by atoms with van der Waals surface area (Å²) in [7, 11) is 0. The van der Waals surface area contributed by atoms with Crippen LogP contribution in [0.2, 0.25) is 0 Å². The summed E-state index contributed by atoms with van der Waals surface area (Å²) in [5.41, 5.74) is 1.48. The first-order valence-electron chi connectivity index (χ1n) is 16.1. The van der Waals surface area contributed by atoms with Crippen molar-refractivity contribution >= 4 is 0 Å². The summed E-state index contributed by atoms with van der Waals surface area (Å²) in [6, 6.07) is 8.95. The summed E-state index contributed by atoms with van der Waals surface area (Å²) in [6.45, 7) is 5.32. The Morgan fingerprint density at radius 2 is 1.17 bits per heavy atom. The van der Waals surface area contributed by atoms with Crippen molar-refractivity contribution in [1.82, 2.24) is 0 Å². The van der Waals surface area contributed by atoms with Crippen LogP contribution in [0.5, 0.6) is 5.75 Å². The maximum Gasteiger partial charge on any atom is 0.119 e. The maximum atomic E-state index is 6.01. The quantitative estimate of drug-likeness (QED) is 0.154. The van der Waals surface area contributed by atoms with Crippen LogP contribution in [0, 0.1) is 23.7 Å². The first-order valence-corrected chi connectivity index (χ1v) is 16.1. The van der Waals surface area contributed by atoms with Crippen molar-refractivity contribution in [3.8, 4) is 5.75 Å². The minimum Gasteiger partial charge on any atom is -0.490 e. The Hall–Kier alpha value is -1.24. The summed E-state index contributed by atoms with van der Waals surface area (Å²) < 4.78 is 6.01. The van der Waals surface area contributed by atoms with Gasteiger partial charge in [-0.25, -0.2) is 0 Å². The molecular formula is C35H58O. The summed E-state index contributed by atoms with van der Waals surface area (Å²) in [6.07, 6.45) is 33.1. The fraction of sp³-hybridized carbons (Fsp3) is 0.771. The molecule has 1 aromatic rings. The van der Waals surface area contributed by atoms with Crippen molar-refractivity contribution in [3.63, 3.8) is 0 Å². The highest BCUT2D eigenvalue weighted by molar-refractivity contribution is 5.27. The molecule has 2 saturated carbocycles. The maximum absolute atomic E-state index is 6.01. The Balaban J connectivity index is 1.23. The third-order valence-electron chi connectivity index (χ3n) is 9.31. The van der Waals surface area contributed by atoms with E-state index in [0.29, 0.717) is 6.61 Å². The zero-order chi connectivity index (χ0) is 25.3. The molecule has 1 heteroatoms. The Labute approximate surface area is 224 Å². The van der Waals surface area contributed by atoms with Gasteiger partial charge in [0.1, 0.15) is 12.4 Å². The van der Waals surface area contributed by atoms with Gasteiger partial charge in [-0.15, -0.1) is 0 Å². The van der Waals surface area contributed by atoms with E-state index in [1.807, 2.05) is 0 Å². The Kier molecular flexibility index (Phi) is 14.7. The molecule has 0 unspecified atom stereocenters. The van der Waals surface area contributed by atoms with Gasteiger partial charge in [-0.2, -0.15) is 0 Å². The molecule has 2 aliphatic carbocycles. The molecule has 2 fully saturated rings. The summed E-state index contributed by atoms with van der Waals surface area (Å²) in [5, 5.41) is 0. The molecule has 0 spiro atoms. The van der Waals surface area contributed by atoms with Crippen LogP contribution in [0.4, 0.5) is 0 Å². The zero-order valence-corrected chi connectivity index (χ0v) is 24.0. The van der Waals surface area contributed by atoms with Gasteiger partial charge in [0.2, 0.25) is 0 Å². The first kappa shape index (κ1) is 29.3. The molecule has 0 bridgehead atoms. The summed E-state index contributed by atoms with van der Waals surface area (Å²) in [4.78, 5) is 0. The van der Waals surface area contributed by atoms with Gasteiger partial charge in [0.05, 0.1) is 0 Å². The molecule has 0 aliphatic heterocycles. The number of aryl methyl sites for hydroxylation is 1. The van der Waals surface area contributed by atoms with Crippen molar-refractivity contribution in [2.75, 3.05) is 6.61 Å². The van der Waals surface area contributed by atoms with Crippen LogP contribution < -0.4 is 4.74 Å². The molecule has 3 rings (SSSR count). The molecule has 36 heavy (non-hydrogen) atoms. The van der Waals surface area contributed by atoms with E-state index in [9.17, 15) is 0 Å². The molecule has 0 aromatic heterocycles. The fourth-order valence-corrected chi connectivity index (χ4v) is 6.71. The molecule has 0 N–H and O–H groups in total. The number of hydrogen-bond donors (Lipinski definition) is 0. The van der Waals surface area contributed by atoms with Crippen LogP contribution in [-0.2, 0) is 6.42 Å². The average molecular weight is 495 g/mol. The van der Waals surface area contributed by atoms with E-state index in [1.54, 1.807) is 0 Å². The van der Waals surface area contributed by atoms with Gasteiger partial charge in [0, 0.05) is 0 Å². The second kappa shape index (κ2) is 18.1. The predicted octanol–water partition coefficient (Wildman–Crippen LogP) is 11.1. The SMILES string of the molecule is CCCCCCCC1CCC(CCc2ccc(OCC=CC3CCC(CCCCC)CC3)cc2)CC1. The Morgan fingerprint density at radius 3 is 1.81 bits per heavy atom. The largest absolute Gasteiger partial charge is 0.490 e. The topological polar surface area (TPSA) is 9.23 Å².